The van der Waals surface area contributed by atoms with E-state index in [9.17, 15) is 9.90 Å². The summed E-state index contributed by atoms with van der Waals surface area (Å²) < 4.78 is 22.2. The number of phenolic OH excluding ortho intramolecular Hbond substituents is 1. The highest BCUT2D eigenvalue weighted by atomic mass is 35.5. The van der Waals surface area contributed by atoms with Gasteiger partial charge in [0, 0.05) is 22.7 Å². The van der Waals surface area contributed by atoms with Crippen molar-refractivity contribution in [1.82, 2.24) is 15.1 Å². The molecule has 1 unspecified atom stereocenters. The number of carbonyl (C=O) groups excluding carboxylic acids is 1. The molecule has 2 heterocycles. The number of aromatic nitrogens is 2. The zero-order chi connectivity index (χ0) is 29.1. The first kappa shape index (κ1) is 27.9. The lowest BCUT2D eigenvalue weighted by atomic mass is 9.95. The molecule has 0 saturated carbocycles. The van der Waals surface area contributed by atoms with Gasteiger partial charge in [0.25, 0.3) is 5.91 Å². The molecule has 0 spiro atoms. The number of hydrogen-bond donors (Lipinski definition) is 2. The largest absolute Gasteiger partial charge is 0.507 e. The first-order valence-corrected chi connectivity index (χ1v) is 13.3. The molecule has 0 aliphatic carbocycles. The second kappa shape index (κ2) is 11.9. The Labute approximate surface area is 242 Å². The highest BCUT2D eigenvalue weighted by Crippen LogP contribution is 2.46. The molecule has 3 aromatic carbocycles. The third-order valence-electron chi connectivity index (χ3n) is 7.03. The van der Waals surface area contributed by atoms with Crippen molar-refractivity contribution in [3.63, 3.8) is 0 Å². The van der Waals surface area contributed by atoms with E-state index in [1.807, 2.05) is 36.4 Å². The van der Waals surface area contributed by atoms with E-state index in [4.69, 9.17) is 30.5 Å². The Morgan fingerprint density at radius 1 is 1.00 bits per heavy atom. The van der Waals surface area contributed by atoms with Gasteiger partial charge in [-0.1, -0.05) is 36.4 Å². The summed E-state index contributed by atoms with van der Waals surface area (Å²) >= 11 is 6.27. The fourth-order valence-corrected chi connectivity index (χ4v) is 5.26. The molecular weight excluding hydrogens is 546 g/mol. The second-order valence-electron chi connectivity index (χ2n) is 9.37. The first-order chi connectivity index (χ1) is 19.9. The summed E-state index contributed by atoms with van der Waals surface area (Å²) in [6.45, 7) is 4.41. The van der Waals surface area contributed by atoms with Crippen molar-refractivity contribution in [2.45, 2.75) is 12.5 Å². The molecule has 2 N–H and O–H groups in total. The number of ether oxygens (including phenoxy) is 4. The number of amides is 1. The maximum Gasteiger partial charge on any atom is 0.273 e. The normalized spacial score (nSPS) is 14.1. The Morgan fingerprint density at radius 3 is 2.46 bits per heavy atom. The summed E-state index contributed by atoms with van der Waals surface area (Å²) in [4.78, 5) is 15.6. The van der Waals surface area contributed by atoms with Gasteiger partial charge in [-0.05, 0) is 60.0 Å². The molecule has 0 bridgehead atoms. The van der Waals surface area contributed by atoms with Crippen molar-refractivity contribution in [2.24, 2.45) is 0 Å². The molecule has 9 nitrogen and oxygen atoms in total. The van der Waals surface area contributed by atoms with E-state index in [0.29, 0.717) is 70.1 Å². The maximum atomic E-state index is 13.8. The number of halogens is 1. The van der Waals surface area contributed by atoms with Gasteiger partial charge in [-0.25, -0.2) is 0 Å². The zero-order valence-electron chi connectivity index (χ0n) is 22.9. The van der Waals surface area contributed by atoms with Gasteiger partial charge in [0.05, 0.1) is 27.4 Å². The van der Waals surface area contributed by atoms with Crippen LogP contribution in [0.2, 0.25) is 5.02 Å². The van der Waals surface area contributed by atoms with Crippen molar-refractivity contribution in [3.8, 4) is 40.0 Å². The van der Waals surface area contributed by atoms with Gasteiger partial charge < -0.3 is 29.0 Å². The van der Waals surface area contributed by atoms with Crippen molar-refractivity contribution < 1.29 is 28.8 Å². The van der Waals surface area contributed by atoms with Crippen LogP contribution in [0.25, 0.3) is 11.3 Å². The van der Waals surface area contributed by atoms with Crippen LogP contribution in [0.4, 0.5) is 0 Å². The highest BCUT2D eigenvalue weighted by Gasteiger charge is 2.42. The van der Waals surface area contributed by atoms with Crippen LogP contribution in [-0.2, 0) is 6.42 Å². The lowest BCUT2D eigenvalue weighted by molar-refractivity contribution is 0.0745. The standard InChI is InChI=1S/C31H30ClN3O6/c1-5-14-41-24-11-7-19(16-26(24)40-4)30-27-28(21-17-20(32)8-9-22(21)36)33-34-29(27)31(37)35(30)13-12-18-6-10-23(38-2)25(15-18)39-3/h5-11,15-17,30,36H,1,12-14H2,2-4H3,(H,33,34). The number of benzene rings is 3. The summed E-state index contributed by atoms with van der Waals surface area (Å²) in [6.07, 6.45) is 2.20. The highest BCUT2D eigenvalue weighted by molar-refractivity contribution is 6.31. The molecule has 1 aromatic heterocycles. The van der Waals surface area contributed by atoms with E-state index < -0.39 is 6.04 Å². The third-order valence-corrected chi connectivity index (χ3v) is 7.26. The Bertz CT molecular complexity index is 1600. The summed E-state index contributed by atoms with van der Waals surface area (Å²) in [7, 11) is 4.74. The molecule has 10 heteroatoms. The Hall–Kier alpha value is -4.63. The van der Waals surface area contributed by atoms with Gasteiger partial charge >= 0.3 is 0 Å². The number of phenols is 1. The number of aromatic amines is 1. The number of hydrogen-bond acceptors (Lipinski definition) is 7. The number of nitrogens with one attached hydrogen (secondary N) is 1. The minimum Gasteiger partial charge on any atom is -0.507 e. The van der Waals surface area contributed by atoms with Crippen molar-refractivity contribution in [1.29, 1.82) is 0 Å². The van der Waals surface area contributed by atoms with Gasteiger partial charge in [0.1, 0.15) is 23.7 Å². The summed E-state index contributed by atoms with van der Waals surface area (Å²) in [5, 5.41) is 18.5. The molecule has 41 heavy (non-hydrogen) atoms. The molecule has 212 valence electrons. The minimum atomic E-state index is -0.535. The molecule has 5 rings (SSSR count). The Balaban J connectivity index is 1.58. The number of H-pyrrole nitrogens is 1. The number of methoxy groups -OCH3 is 3. The van der Waals surface area contributed by atoms with E-state index in [-0.39, 0.29) is 11.7 Å². The fourth-order valence-electron chi connectivity index (χ4n) is 5.08. The number of fused-ring (bicyclic) bond motifs is 1. The molecular formula is C31H30ClN3O6. The number of nitrogens with zero attached hydrogens (tertiary/aromatic N) is 2. The lowest BCUT2D eigenvalue weighted by Gasteiger charge is -2.27. The van der Waals surface area contributed by atoms with E-state index in [1.54, 1.807) is 44.4 Å². The topological polar surface area (TPSA) is 106 Å². The molecule has 0 radical (unpaired) electrons. The van der Waals surface area contributed by atoms with Crippen molar-refractivity contribution >= 4 is 17.5 Å². The monoisotopic (exact) mass is 575 g/mol. The van der Waals surface area contributed by atoms with Gasteiger partial charge in [-0.15, -0.1) is 0 Å². The lowest BCUT2D eigenvalue weighted by Crippen LogP contribution is -2.31. The van der Waals surface area contributed by atoms with Gasteiger partial charge in [-0.3, -0.25) is 9.89 Å². The molecule has 1 atom stereocenters. The summed E-state index contributed by atoms with van der Waals surface area (Å²) in [5.74, 6) is 2.10. The van der Waals surface area contributed by atoms with Gasteiger partial charge in [0.2, 0.25) is 0 Å². The average Bonchev–Trinajstić information content (AvgIpc) is 3.54. The SMILES string of the molecule is C=CCOc1ccc(C2c3c(-c4cc(Cl)ccc4O)n[nH]c3C(=O)N2CCc2ccc(OC)c(OC)c2)cc1OC. The van der Waals surface area contributed by atoms with Crippen LogP contribution in [-0.4, -0.2) is 60.6 Å². The number of rotatable bonds is 11. The van der Waals surface area contributed by atoms with E-state index in [0.717, 1.165) is 11.1 Å². The fraction of sp³-hybridized carbons (Fsp3) is 0.226. The van der Waals surface area contributed by atoms with E-state index >= 15 is 0 Å². The minimum absolute atomic E-state index is 0.00410. The predicted molar refractivity (Wildman–Crippen MR) is 156 cm³/mol. The molecule has 0 fully saturated rings. The van der Waals surface area contributed by atoms with Crippen LogP contribution >= 0.6 is 11.6 Å². The predicted octanol–water partition coefficient (Wildman–Crippen LogP) is 5.81. The average molecular weight is 576 g/mol. The number of carbonyl (C=O) groups is 1. The van der Waals surface area contributed by atoms with Crippen LogP contribution in [0.3, 0.4) is 0 Å². The van der Waals surface area contributed by atoms with Crippen molar-refractivity contribution in [2.75, 3.05) is 34.5 Å². The molecule has 1 aliphatic rings. The molecule has 0 saturated heterocycles. The third kappa shape index (κ3) is 5.28. The summed E-state index contributed by atoms with van der Waals surface area (Å²) in [5.41, 5.74) is 3.62. The zero-order valence-corrected chi connectivity index (χ0v) is 23.7. The summed E-state index contributed by atoms with van der Waals surface area (Å²) in [6, 6.07) is 15.4. The van der Waals surface area contributed by atoms with E-state index in [1.165, 1.54) is 6.07 Å². The van der Waals surface area contributed by atoms with Crippen LogP contribution in [0.1, 0.15) is 33.2 Å². The number of aromatic hydroxyl groups is 1. The molecule has 4 aromatic rings. The van der Waals surface area contributed by atoms with Crippen LogP contribution in [0.5, 0.6) is 28.7 Å². The van der Waals surface area contributed by atoms with Crippen LogP contribution < -0.4 is 18.9 Å². The molecule has 1 aliphatic heterocycles. The second-order valence-corrected chi connectivity index (χ2v) is 9.81. The van der Waals surface area contributed by atoms with Gasteiger partial charge in [-0.2, -0.15) is 5.10 Å². The first-order valence-electron chi connectivity index (χ1n) is 12.9. The Kier molecular flexibility index (Phi) is 8.07. The smallest absolute Gasteiger partial charge is 0.273 e. The Morgan fingerprint density at radius 2 is 1.73 bits per heavy atom. The quantitative estimate of drug-likeness (QED) is 0.217. The van der Waals surface area contributed by atoms with Gasteiger partial charge in [0.15, 0.2) is 23.0 Å². The van der Waals surface area contributed by atoms with Crippen molar-refractivity contribution in [3.05, 3.63) is 94.7 Å². The van der Waals surface area contributed by atoms with E-state index in [2.05, 4.69) is 16.8 Å². The van der Waals surface area contributed by atoms with Crippen LogP contribution in [0.15, 0.2) is 67.3 Å². The molecule has 1 amide bonds. The van der Waals surface area contributed by atoms with Crippen LogP contribution in [0, 0.1) is 0 Å². The maximum absolute atomic E-state index is 13.8.